The highest BCUT2D eigenvalue weighted by Gasteiger charge is 2.47. The number of methoxy groups -OCH3 is 2. The first kappa shape index (κ1) is 21.8. The van der Waals surface area contributed by atoms with Crippen LogP contribution in [-0.2, 0) is 23.7 Å². The van der Waals surface area contributed by atoms with E-state index in [9.17, 15) is 0 Å². The van der Waals surface area contributed by atoms with Gasteiger partial charge in [0.05, 0.1) is 6.61 Å². The van der Waals surface area contributed by atoms with Crippen LogP contribution in [0.1, 0.15) is 25.7 Å². The summed E-state index contributed by atoms with van der Waals surface area (Å²) in [5, 5.41) is 0. The van der Waals surface area contributed by atoms with Gasteiger partial charge in [0, 0.05) is 32.3 Å². The predicted molar refractivity (Wildman–Crippen MR) is 111 cm³/mol. The molecular formula is C22H32O5S. The van der Waals surface area contributed by atoms with Crippen molar-refractivity contribution in [2.75, 3.05) is 34.0 Å². The summed E-state index contributed by atoms with van der Waals surface area (Å²) in [5.74, 6) is 0. The van der Waals surface area contributed by atoms with E-state index < -0.39 is 0 Å². The van der Waals surface area contributed by atoms with Crippen molar-refractivity contribution in [1.82, 2.24) is 0 Å². The Balaban J connectivity index is 1.75. The van der Waals surface area contributed by atoms with E-state index in [1.165, 1.54) is 0 Å². The highest BCUT2D eigenvalue weighted by Crippen LogP contribution is 2.36. The Morgan fingerprint density at radius 3 is 2.36 bits per heavy atom. The standard InChI is InChI=1S/C22H32O5S/c1-23-20-19-18(16-25-14-10-5-3-4-6-11-15-26-19)27-22(21(20)24-2)28-17-12-8-7-9-13-17/h3-4,7-9,12-13,18-22H,5-6,10-11,14-16H2,1-2H3/b4-3-/t18-,19-,20+,21-,22+/m1/s1. The van der Waals surface area contributed by atoms with E-state index in [1.807, 2.05) is 18.2 Å². The van der Waals surface area contributed by atoms with E-state index in [1.54, 1.807) is 26.0 Å². The van der Waals surface area contributed by atoms with Crippen LogP contribution < -0.4 is 0 Å². The van der Waals surface area contributed by atoms with E-state index in [-0.39, 0.29) is 29.9 Å². The molecule has 1 aromatic carbocycles. The van der Waals surface area contributed by atoms with Crippen LogP contribution in [0.3, 0.4) is 0 Å². The summed E-state index contributed by atoms with van der Waals surface area (Å²) in [7, 11) is 3.43. The molecule has 1 fully saturated rings. The molecule has 0 amide bonds. The lowest BCUT2D eigenvalue weighted by molar-refractivity contribution is -0.236. The Bertz CT molecular complexity index is 582. The Morgan fingerprint density at radius 1 is 0.929 bits per heavy atom. The van der Waals surface area contributed by atoms with Gasteiger partial charge in [-0.2, -0.15) is 0 Å². The molecule has 28 heavy (non-hydrogen) atoms. The summed E-state index contributed by atoms with van der Waals surface area (Å²) in [4.78, 5) is 1.14. The lowest BCUT2D eigenvalue weighted by Crippen LogP contribution is -2.60. The maximum Gasteiger partial charge on any atom is 0.137 e. The van der Waals surface area contributed by atoms with Gasteiger partial charge in [-0.1, -0.05) is 42.1 Å². The molecule has 5 nitrogen and oxygen atoms in total. The smallest absolute Gasteiger partial charge is 0.137 e. The van der Waals surface area contributed by atoms with Gasteiger partial charge in [0.2, 0.25) is 0 Å². The van der Waals surface area contributed by atoms with Gasteiger partial charge in [0.1, 0.15) is 29.9 Å². The van der Waals surface area contributed by atoms with Crippen molar-refractivity contribution >= 4 is 11.8 Å². The second kappa shape index (κ2) is 12.0. The van der Waals surface area contributed by atoms with E-state index in [0.29, 0.717) is 13.2 Å². The Hall–Kier alpha value is -0.890. The number of allylic oxidation sites excluding steroid dienone is 2. The van der Waals surface area contributed by atoms with Crippen molar-refractivity contribution in [3.05, 3.63) is 42.5 Å². The fourth-order valence-electron chi connectivity index (χ4n) is 3.62. The fourth-order valence-corrected chi connectivity index (χ4v) is 4.80. The Morgan fingerprint density at radius 2 is 1.64 bits per heavy atom. The third-order valence-electron chi connectivity index (χ3n) is 5.06. The summed E-state index contributed by atoms with van der Waals surface area (Å²) in [6, 6.07) is 10.2. The maximum absolute atomic E-state index is 6.46. The van der Waals surface area contributed by atoms with E-state index in [0.717, 1.165) is 37.2 Å². The Labute approximate surface area is 172 Å². The molecule has 6 heteroatoms. The molecule has 0 unspecified atom stereocenters. The van der Waals surface area contributed by atoms with E-state index >= 15 is 0 Å². The van der Waals surface area contributed by atoms with Crippen LogP contribution in [0.2, 0.25) is 0 Å². The van der Waals surface area contributed by atoms with Crippen molar-refractivity contribution in [2.24, 2.45) is 0 Å². The van der Waals surface area contributed by atoms with Crippen molar-refractivity contribution in [2.45, 2.75) is 60.4 Å². The lowest BCUT2D eigenvalue weighted by Gasteiger charge is -2.45. The second-order valence-electron chi connectivity index (χ2n) is 7.04. The average Bonchev–Trinajstić information content (AvgIpc) is 2.75. The first-order chi connectivity index (χ1) is 13.8. The predicted octanol–water partition coefficient (Wildman–Crippen LogP) is 4.07. The third-order valence-corrected chi connectivity index (χ3v) is 6.22. The van der Waals surface area contributed by atoms with Crippen LogP contribution in [0.4, 0.5) is 0 Å². The third kappa shape index (κ3) is 6.05. The number of rotatable bonds is 4. The molecular weight excluding hydrogens is 376 g/mol. The number of hydrogen-bond donors (Lipinski definition) is 0. The summed E-state index contributed by atoms with van der Waals surface area (Å²) in [6.07, 6.45) is 7.69. The maximum atomic E-state index is 6.46. The van der Waals surface area contributed by atoms with Crippen molar-refractivity contribution < 1.29 is 23.7 Å². The number of benzene rings is 1. The molecule has 0 bridgehead atoms. The van der Waals surface area contributed by atoms with Gasteiger partial charge in [-0.05, 0) is 37.8 Å². The first-order valence-electron chi connectivity index (χ1n) is 10.1. The second-order valence-corrected chi connectivity index (χ2v) is 8.21. The summed E-state index contributed by atoms with van der Waals surface area (Å²) in [5.41, 5.74) is -0.192. The minimum Gasteiger partial charge on any atom is -0.379 e. The SMILES string of the molecule is CO[C@@H]1[C@@H](OC)[C@H](Sc2ccccc2)O[C@@H]2COCCC/C=C\CCCO[C@@H]12. The Kier molecular flexibility index (Phi) is 9.31. The number of ether oxygens (including phenoxy) is 5. The molecule has 0 saturated carbocycles. The minimum atomic E-state index is -0.230. The molecule has 2 aliphatic rings. The van der Waals surface area contributed by atoms with Gasteiger partial charge in [-0.3, -0.25) is 0 Å². The van der Waals surface area contributed by atoms with E-state index in [4.69, 9.17) is 23.7 Å². The van der Waals surface area contributed by atoms with Gasteiger partial charge >= 0.3 is 0 Å². The van der Waals surface area contributed by atoms with Crippen LogP contribution in [-0.4, -0.2) is 63.9 Å². The van der Waals surface area contributed by atoms with Crippen LogP contribution in [0.25, 0.3) is 0 Å². The van der Waals surface area contributed by atoms with E-state index in [2.05, 4.69) is 24.3 Å². The number of thioether (sulfide) groups is 1. The zero-order valence-corrected chi connectivity index (χ0v) is 17.6. The molecule has 2 aliphatic heterocycles. The summed E-state index contributed by atoms with van der Waals surface area (Å²) in [6.45, 7) is 1.89. The van der Waals surface area contributed by atoms with Gasteiger partial charge in [-0.25, -0.2) is 0 Å². The number of hydrogen-bond acceptors (Lipinski definition) is 6. The van der Waals surface area contributed by atoms with Gasteiger partial charge < -0.3 is 23.7 Å². The van der Waals surface area contributed by atoms with Gasteiger partial charge in [0.15, 0.2) is 0 Å². The van der Waals surface area contributed by atoms with Gasteiger partial charge in [0.25, 0.3) is 0 Å². The van der Waals surface area contributed by atoms with Crippen molar-refractivity contribution in [3.8, 4) is 0 Å². The quantitative estimate of drug-likeness (QED) is 0.700. The van der Waals surface area contributed by atoms with Gasteiger partial charge in [-0.15, -0.1) is 0 Å². The molecule has 1 aromatic rings. The zero-order chi connectivity index (χ0) is 19.6. The average molecular weight is 409 g/mol. The van der Waals surface area contributed by atoms with Crippen LogP contribution >= 0.6 is 11.8 Å². The monoisotopic (exact) mass is 408 g/mol. The molecule has 0 aliphatic carbocycles. The highest BCUT2D eigenvalue weighted by molar-refractivity contribution is 7.99. The zero-order valence-electron chi connectivity index (χ0n) is 16.8. The molecule has 3 rings (SSSR count). The van der Waals surface area contributed by atoms with Crippen LogP contribution in [0.15, 0.2) is 47.4 Å². The molecule has 1 saturated heterocycles. The lowest BCUT2D eigenvalue weighted by atomic mass is 9.99. The molecule has 0 N–H and O–H groups in total. The summed E-state index contributed by atoms with van der Waals surface area (Å²) >= 11 is 1.66. The molecule has 0 radical (unpaired) electrons. The topological polar surface area (TPSA) is 46.2 Å². The van der Waals surface area contributed by atoms with Crippen LogP contribution in [0.5, 0.6) is 0 Å². The molecule has 0 aromatic heterocycles. The van der Waals surface area contributed by atoms with Crippen molar-refractivity contribution in [3.63, 3.8) is 0 Å². The molecule has 156 valence electrons. The highest BCUT2D eigenvalue weighted by atomic mass is 32.2. The molecule has 2 heterocycles. The van der Waals surface area contributed by atoms with Crippen molar-refractivity contribution in [1.29, 1.82) is 0 Å². The van der Waals surface area contributed by atoms with Crippen LogP contribution in [0, 0.1) is 0 Å². The normalized spacial score (nSPS) is 33.7. The summed E-state index contributed by atoms with van der Waals surface area (Å²) < 4.78 is 30.3. The largest absolute Gasteiger partial charge is 0.379 e. The first-order valence-corrected chi connectivity index (χ1v) is 11.0. The molecule has 0 spiro atoms. The minimum absolute atomic E-state index is 0.189. The number of fused-ring (bicyclic) bond motifs is 1. The molecule has 5 atom stereocenters. The fraction of sp³-hybridized carbons (Fsp3) is 0.636.